The zero-order chi connectivity index (χ0) is 18.3. The van der Waals surface area contributed by atoms with E-state index in [4.69, 9.17) is 0 Å². The lowest BCUT2D eigenvalue weighted by atomic mass is 9.81. The molecule has 1 aromatic rings. The Labute approximate surface area is 154 Å². The zero-order valence-corrected chi connectivity index (χ0v) is 15.4. The largest absolute Gasteiger partial charge is 0.312 e. The number of likely N-dealkylation sites (tertiary alicyclic amines) is 1. The van der Waals surface area contributed by atoms with E-state index in [1.54, 1.807) is 0 Å². The average Bonchev–Trinajstić information content (AvgIpc) is 2.90. The van der Waals surface area contributed by atoms with E-state index in [9.17, 15) is 14.4 Å². The molecule has 1 saturated heterocycles. The molecule has 3 aliphatic rings. The van der Waals surface area contributed by atoms with Gasteiger partial charge < -0.3 is 4.90 Å². The number of hydrogen-bond donors (Lipinski definition) is 0. The summed E-state index contributed by atoms with van der Waals surface area (Å²) >= 11 is 0. The van der Waals surface area contributed by atoms with Gasteiger partial charge in [0.05, 0.1) is 11.8 Å². The third-order valence-electron chi connectivity index (χ3n) is 6.20. The molecule has 0 bridgehead atoms. The number of fused-ring (bicyclic) bond motifs is 2. The maximum Gasteiger partial charge on any atom is 0.233 e. The van der Waals surface area contributed by atoms with Crippen molar-refractivity contribution in [2.45, 2.75) is 51.9 Å². The Morgan fingerprint density at radius 2 is 1.77 bits per heavy atom. The SMILES string of the molecule is Cc1cccc2c1N(C(=O)CCN1C(=O)[C@H]3CCCC[C@H]3C1=O)CCC2. The molecule has 26 heavy (non-hydrogen) atoms. The Morgan fingerprint density at radius 3 is 2.46 bits per heavy atom. The second-order valence-electron chi connectivity index (χ2n) is 7.81. The Kier molecular flexibility index (Phi) is 4.55. The minimum atomic E-state index is -0.135. The number of hydrogen-bond acceptors (Lipinski definition) is 3. The minimum absolute atomic E-state index is 0.00993. The number of benzene rings is 1. The lowest BCUT2D eigenvalue weighted by Crippen LogP contribution is -2.39. The normalized spacial score (nSPS) is 25.3. The fraction of sp³-hybridized carbons (Fsp3) is 0.571. The first-order chi connectivity index (χ1) is 12.6. The van der Waals surface area contributed by atoms with Crippen LogP contribution in [0.3, 0.4) is 0 Å². The van der Waals surface area contributed by atoms with Gasteiger partial charge in [-0.3, -0.25) is 19.3 Å². The highest BCUT2D eigenvalue weighted by Gasteiger charge is 2.47. The van der Waals surface area contributed by atoms with Crippen molar-refractivity contribution < 1.29 is 14.4 Å². The van der Waals surface area contributed by atoms with Crippen LogP contribution in [0.5, 0.6) is 0 Å². The van der Waals surface area contributed by atoms with Crippen molar-refractivity contribution >= 4 is 23.4 Å². The molecule has 2 heterocycles. The highest BCUT2D eigenvalue weighted by atomic mass is 16.2. The molecule has 4 rings (SSSR count). The summed E-state index contributed by atoms with van der Waals surface area (Å²) in [6.07, 6.45) is 5.84. The predicted molar refractivity (Wildman–Crippen MR) is 98.6 cm³/mol. The van der Waals surface area contributed by atoms with Crippen LogP contribution in [-0.4, -0.2) is 35.7 Å². The third kappa shape index (κ3) is 2.83. The lowest BCUT2D eigenvalue weighted by molar-refractivity contribution is -0.140. The predicted octanol–water partition coefficient (Wildman–Crippen LogP) is 2.84. The summed E-state index contributed by atoms with van der Waals surface area (Å²) in [5, 5.41) is 0. The Balaban J connectivity index is 1.45. The maximum atomic E-state index is 12.9. The van der Waals surface area contributed by atoms with Crippen LogP contribution in [-0.2, 0) is 20.8 Å². The van der Waals surface area contributed by atoms with Gasteiger partial charge in [0.15, 0.2) is 0 Å². The van der Waals surface area contributed by atoms with Crippen LogP contribution < -0.4 is 4.90 Å². The fourth-order valence-corrected chi connectivity index (χ4v) is 4.89. The Hall–Kier alpha value is -2.17. The van der Waals surface area contributed by atoms with Gasteiger partial charge in [0.25, 0.3) is 0 Å². The van der Waals surface area contributed by atoms with E-state index in [2.05, 4.69) is 6.07 Å². The Morgan fingerprint density at radius 1 is 1.08 bits per heavy atom. The minimum Gasteiger partial charge on any atom is -0.312 e. The van der Waals surface area contributed by atoms with Crippen LogP contribution in [0.2, 0.25) is 0 Å². The number of para-hydroxylation sites is 1. The summed E-state index contributed by atoms with van der Waals surface area (Å²) < 4.78 is 0. The first-order valence-electron chi connectivity index (χ1n) is 9.82. The first kappa shape index (κ1) is 17.3. The summed E-state index contributed by atoms with van der Waals surface area (Å²) in [6.45, 7) is 2.97. The monoisotopic (exact) mass is 354 g/mol. The molecule has 0 aromatic heterocycles. The van der Waals surface area contributed by atoms with E-state index in [1.807, 2.05) is 24.0 Å². The smallest absolute Gasteiger partial charge is 0.233 e. The van der Waals surface area contributed by atoms with Crippen molar-refractivity contribution in [1.82, 2.24) is 4.90 Å². The average molecular weight is 354 g/mol. The molecular formula is C21H26N2O3. The molecule has 0 radical (unpaired) electrons. The topological polar surface area (TPSA) is 57.7 Å². The number of aryl methyl sites for hydroxylation is 2. The van der Waals surface area contributed by atoms with Gasteiger partial charge >= 0.3 is 0 Å². The number of carbonyl (C=O) groups is 3. The van der Waals surface area contributed by atoms with E-state index in [0.717, 1.165) is 49.8 Å². The van der Waals surface area contributed by atoms with Crippen LogP contribution >= 0.6 is 0 Å². The van der Waals surface area contributed by atoms with E-state index < -0.39 is 0 Å². The number of rotatable bonds is 3. The summed E-state index contributed by atoms with van der Waals surface area (Å²) in [6, 6.07) is 6.15. The molecule has 5 heteroatoms. The van der Waals surface area contributed by atoms with Gasteiger partial charge in [0, 0.05) is 25.2 Å². The van der Waals surface area contributed by atoms with Crippen molar-refractivity contribution in [3.8, 4) is 0 Å². The van der Waals surface area contributed by atoms with Crippen LogP contribution in [0, 0.1) is 18.8 Å². The van der Waals surface area contributed by atoms with E-state index >= 15 is 0 Å². The summed E-state index contributed by atoms with van der Waals surface area (Å²) in [5.74, 6) is -0.366. The summed E-state index contributed by atoms with van der Waals surface area (Å²) in [7, 11) is 0. The summed E-state index contributed by atoms with van der Waals surface area (Å²) in [4.78, 5) is 41.2. The molecule has 0 spiro atoms. The molecular weight excluding hydrogens is 328 g/mol. The fourth-order valence-electron chi connectivity index (χ4n) is 4.89. The van der Waals surface area contributed by atoms with Gasteiger partial charge in [-0.15, -0.1) is 0 Å². The van der Waals surface area contributed by atoms with Crippen molar-refractivity contribution in [2.24, 2.45) is 11.8 Å². The highest BCUT2D eigenvalue weighted by molar-refractivity contribution is 6.05. The second kappa shape index (κ2) is 6.86. The molecule has 2 atom stereocenters. The molecule has 1 aliphatic carbocycles. The molecule has 0 unspecified atom stereocenters. The van der Waals surface area contributed by atoms with Gasteiger partial charge in [0.1, 0.15) is 0 Å². The number of carbonyl (C=O) groups excluding carboxylic acids is 3. The second-order valence-corrected chi connectivity index (χ2v) is 7.81. The quantitative estimate of drug-likeness (QED) is 0.784. The van der Waals surface area contributed by atoms with Crippen molar-refractivity contribution in [3.05, 3.63) is 29.3 Å². The van der Waals surface area contributed by atoms with E-state index in [1.165, 1.54) is 10.5 Å². The molecule has 1 saturated carbocycles. The van der Waals surface area contributed by atoms with Crippen LogP contribution in [0.25, 0.3) is 0 Å². The molecule has 3 amide bonds. The number of nitrogens with zero attached hydrogens (tertiary/aromatic N) is 2. The van der Waals surface area contributed by atoms with Crippen molar-refractivity contribution in [1.29, 1.82) is 0 Å². The maximum absolute atomic E-state index is 12.9. The Bertz CT molecular complexity index is 734. The number of anilines is 1. The first-order valence-corrected chi connectivity index (χ1v) is 9.82. The van der Waals surface area contributed by atoms with Crippen molar-refractivity contribution in [2.75, 3.05) is 18.0 Å². The third-order valence-corrected chi connectivity index (χ3v) is 6.20. The highest BCUT2D eigenvalue weighted by Crippen LogP contribution is 2.38. The molecule has 2 aliphatic heterocycles. The van der Waals surface area contributed by atoms with E-state index in [-0.39, 0.29) is 42.5 Å². The lowest BCUT2D eigenvalue weighted by Gasteiger charge is -2.31. The van der Waals surface area contributed by atoms with Gasteiger partial charge in [-0.2, -0.15) is 0 Å². The molecule has 0 N–H and O–H groups in total. The van der Waals surface area contributed by atoms with Crippen LogP contribution in [0.1, 0.15) is 49.7 Å². The van der Waals surface area contributed by atoms with Gasteiger partial charge in [0.2, 0.25) is 17.7 Å². The van der Waals surface area contributed by atoms with E-state index in [0.29, 0.717) is 6.54 Å². The van der Waals surface area contributed by atoms with Gasteiger partial charge in [-0.05, 0) is 43.7 Å². The van der Waals surface area contributed by atoms with Gasteiger partial charge in [-0.25, -0.2) is 0 Å². The van der Waals surface area contributed by atoms with Crippen LogP contribution in [0.4, 0.5) is 5.69 Å². The standard InChI is InChI=1S/C21H26N2O3/c1-14-6-4-7-15-8-5-12-22(19(14)15)18(24)11-13-23-20(25)16-9-2-3-10-17(16)21(23)26/h4,6-7,16-17H,2-3,5,8-13H2,1H3/t16-,17+. The molecule has 2 fully saturated rings. The van der Waals surface area contributed by atoms with Gasteiger partial charge in [-0.1, -0.05) is 31.0 Å². The molecule has 1 aromatic carbocycles. The molecule has 138 valence electrons. The molecule has 5 nitrogen and oxygen atoms in total. The van der Waals surface area contributed by atoms with Crippen molar-refractivity contribution in [3.63, 3.8) is 0 Å². The number of imide groups is 1. The zero-order valence-electron chi connectivity index (χ0n) is 15.4. The summed E-state index contributed by atoms with van der Waals surface area (Å²) in [5.41, 5.74) is 3.34. The van der Waals surface area contributed by atoms with Crippen LogP contribution in [0.15, 0.2) is 18.2 Å². The number of amides is 3.